The predicted octanol–water partition coefficient (Wildman–Crippen LogP) is 2.66. The Kier molecular flexibility index (Phi) is 3.73. The van der Waals surface area contributed by atoms with Crippen molar-refractivity contribution in [2.24, 2.45) is 0 Å². The summed E-state index contributed by atoms with van der Waals surface area (Å²) in [6, 6.07) is 1.63. The van der Waals surface area contributed by atoms with Crippen LogP contribution in [0.15, 0.2) is 12.1 Å². The average molecular weight is 252 g/mol. The van der Waals surface area contributed by atoms with E-state index in [0.29, 0.717) is 0 Å². The number of hydrogen-bond donors (Lipinski definition) is 0. The van der Waals surface area contributed by atoms with E-state index in [4.69, 9.17) is 11.6 Å². The van der Waals surface area contributed by atoms with Crippen LogP contribution in [-0.4, -0.2) is 17.8 Å². The van der Waals surface area contributed by atoms with Crippen LogP contribution in [0.5, 0.6) is 5.75 Å². The van der Waals surface area contributed by atoms with Crippen molar-refractivity contribution in [1.82, 2.24) is 0 Å². The molecule has 0 bridgehead atoms. The molecule has 0 saturated carbocycles. The van der Waals surface area contributed by atoms with Gasteiger partial charge in [-0.1, -0.05) is 11.6 Å². The maximum Gasteiger partial charge on any atom is 0.387 e. The number of hydrogen-bond acceptors (Lipinski definition) is 4. The van der Waals surface area contributed by atoms with Crippen molar-refractivity contribution in [2.75, 3.05) is 0 Å². The van der Waals surface area contributed by atoms with Crippen molar-refractivity contribution < 1.29 is 23.2 Å². The minimum atomic E-state index is -3.17. The lowest BCUT2D eigenvalue weighted by molar-refractivity contribution is -0.384. The highest BCUT2D eigenvalue weighted by Crippen LogP contribution is 2.33. The van der Waals surface area contributed by atoms with Crippen LogP contribution in [0.25, 0.3) is 0 Å². The second kappa shape index (κ2) is 4.84. The second-order valence-corrected chi connectivity index (χ2v) is 3.01. The molecule has 0 unspecified atom stereocenters. The number of halogens is 3. The van der Waals surface area contributed by atoms with Gasteiger partial charge in [-0.05, 0) is 0 Å². The fourth-order valence-corrected chi connectivity index (χ4v) is 1.27. The third kappa shape index (κ3) is 2.63. The van der Waals surface area contributed by atoms with Crippen LogP contribution >= 0.6 is 11.6 Å². The molecule has 86 valence electrons. The number of alkyl halides is 2. The van der Waals surface area contributed by atoms with Crippen molar-refractivity contribution in [3.05, 3.63) is 32.8 Å². The lowest BCUT2D eigenvalue weighted by Crippen LogP contribution is -2.05. The molecular weight excluding hydrogens is 248 g/mol. The van der Waals surface area contributed by atoms with Crippen molar-refractivity contribution in [3.63, 3.8) is 0 Å². The Bertz CT molecular complexity index is 438. The number of nitro groups is 1. The third-order valence-corrected chi connectivity index (χ3v) is 1.88. The molecule has 0 heterocycles. The van der Waals surface area contributed by atoms with Crippen LogP contribution < -0.4 is 4.74 Å². The average Bonchev–Trinajstić information content (AvgIpc) is 2.19. The van der Waals surface area contributed by atoms with Gasteiger partial charge in [0.25, 0.3) is 5.69 Å². The Labute approximate surface area is 92.7 Å². The van der Waals surface area contributed by atoms with Crippen LogP contribution in [-0.2, 0) is 0 Å². The van der Waals surface area contributed by atoms with Crippen molar-refractivity contribution >= 4 is 23.6 Å². The molecule has 0 aromatic heterocycles. The standard InChI is InChI=1S/C8H4ClF2NO4/c9-6-2-5(12(14)15)1-4(3-13)7(6)16-8(10)11/h1-3,8H. The molecule has 1 rings (SSSR count). The first-order valence-corrected chi connectivity index (χ1v) is 4.21. The van der Waals surface area contributed by atoms with E-state index in [-0.39, 0.29) is 6.29 Å². The van der Waals surface area contributed by atoms with E-state index in [9.17, 15) is 23.7 Å². The summed E-state index contributed by atoms with van der Waals surface area (Å²) < 4.78 is 27.9. The number of nitrogens with zero attached hydrogens (tertiary/aromatic N) is 1. The largest absolute Gasteiger partial charge is 0.432 e. The number of non-ortho nitro benzene ring substituents is 1. The summed E-state index contributed by atoms with van der Waals surface area (Å²) in [7, 11) is 0. The molecule has 0 aliphatic heterocycles. The molecule has 16 heavy (non-hydrogen) atoms. The zero-order chi connectivity index (χ0) is 12.3. The number of nitro benzene ring substituents is 1. The molecule has 0 atom stereocenters. The molecule has 0 spiro atoms. The highest BCUT2D eigenvalue weighted by Gasteiger charge is 2.19. The molecule has 0 fully saturated rings. The summed E-state index contributed by atoms with van der Waals surface area (Å²) in [5, 5.41) is 9.98. The summed E-state index contributed by atoms with van der Waals surface area (Å²) in [5.74, 6) is -0.572. The van der Waals surface area contributed by atoms with E-state index in [2.05, 4.69) is 4.74 Å². The smallest absolute Gasteiger partial charge is 0.387 e. The van der Waals surface area contributed by atoms with Crippen molar-refractivity contribution in [1.29, 1.82) is 0 Å². The third-order valence-electron chi connectivity index (χ3n) is 1.60. The number of ether oxygens (including phenoxy) is 1. The zero-order valence-corrected chi connectivity index (χ0v) is 8.28. The van der Waals surface area contributed by atoms with Crippen LogP contribution in [0.2, 0.25) is 5.02 Å². The van der Waals surface area contributed by atoms with E-state index in [0.717, 1.165) is 12.1 Å². The van der Waals surface area contributed by atoms with Gasteiger partial charge in [-0.25, -0.2) is 0 Å². The Morgan fingerprint density at radius 3 is 2.56 bits per heavy atom. The maximum absolute atomic E-state index is 11.9. The number of carbonyl (C=O) groups excluding carboxylic acids is 1. The molecule has 0 aliphatic carbocycles. The minimum absolute atomic E-state index is 0.149. The first-order valence-electron chi connectivity index (χ1n) is 3.83. The Morgan fingerprint density at radius 1 is 1.50 bits per heavy atom. The second-order valence-electron chi connectivity index (χ2n) is 2.60. The SMILES string of the molecule is O=Cc1cc([N+](=O)[O-])cc(Cl)c1OC(F)F. The van der Waals surface area contributed by atoms with E-state index in [1.807, 2.05) is 0 Å². The van der Waals surface area contributed by atoms with Gasteiger partial charge in [0.2, 0.25) is 0 Å². The summed E-state index contributed by atoms with van der Waals surface area (Å²) in [6.07, 6.45) is 0.149. The molecular formula is C8H4ClF2NO4. The van der Waals surface area contributed by atoms with Gasteiger partial charge in [0, 0.05) is 12.1 Å². The lowest BCUT2D eigenvalue weighted by Gasteiger charge is -2.08. The highest BCUT2D eigenvalue weighted by atomic mass is 35.5. The Balaban J connectivity index is 3.28. The first kappa shape index (κ1) is 12.3. The molecule has 8 heteroatoms. The number of carbonyl (C=O) groups is 1. The summed E-state index contributed by atoms with van der Waals surface area (Å²) in [5.41, 5.74) is -0.881. The minimum Gasteiger partial charge on any atom is -0.432 e. The Morgan fingerprint density at radius 2 is 2.12 bits per heavy atom. The van der Waals surface area contributed by atoms with Gasteiger partial charge in [0.05, 0.1) is 15.5 Å². The molecule has 0 aliphatic rings. The van der Waals surface area contributed by atoms with Crippen LogP contribution in [0.1, 0.15) is 10.4 Å². The van der Waals surface area contributed by atoms with Gasteiger partial charge in [-0.15, -0.1) is 0 Å². The number of rotatable bonds is 4. The van der Waals surface area contributed by atoms with Crippen LogP contribution in [0.3, 0.4) is 0 Å². The fraction of sp³-hybridized carbons (Fsp3) is 0.125. The van der Waals surface area contributed by atoms with Crippen molar-refractivity contribution in [2.45, 2.75) is 6.61 Å². The molecule has 1 aromatic rings. The fourth-order valence-electron chi connectivity index (χ4n) is 1.01. The highest BCUT2D eigenvalue weighted by molar-refractivity contribution is 6.32. The number of benzene rings is 1. The first-order chi connectivity index (χ1) is 7.45. The van der Waals surface area contributed by atoms with E-state index < -0.39 is 33.6 Å². The van der Waals surface area contributed by atoms with Gasteiger partial charge < -0.3 is 4.74 Å². The molecule has 1 aromatic carbocycles. The van der Waals surface area contributed by atoms with E-state index in [1.54, 1.807) is 0 Å². The van der Waals surface area contributed by atoms with E-state index >= 15 is 0 Å². The monoisotopic (exact) mass is 251 g/mol. The normalized spacial score (nSPS) is 10.2. The predicted molar refractivity (Wildman–Crippen MR) is 50.1 cm³/mol. The van der Waals surface area contributed by atoms with Gasteiger partial charge in [0.15, 0.2) is 12.0 Å². The summed E-state index contributed by atoms with van der Waals surface area (Å²) in [4.78, 5) is 20.1. The van der Waals surface area contributed by atoms with Gasteiger partial charge in [-0.2, -0.15) is 8.78 Å². The molecule has 0 saturated heterocycles. The van der Waals surface area contributed by atoms with Gasteiger partial charge in [0.1, 0.15) is 0 Å². The molecule has 0 N–H and O–H groups in total. The Hall–Kier alpha value is -1.76. The topological polar surface area (TPSA) is 69.4 Å². The van der Waals surface area contributed by atoms with Crippen LogP contribution in [0, 0.1) is 10.1 Å². The zero-order valence-electron chi connectivity index (χ0n) is 7.52. The van der Waals surface area contributed by atoms with Gasteiger partial charge in [-0.3, -0.25) is 14.9 Å². The summed E-state index contributed by atoms with van der Waals surface area (Å²) >= 11 is 5.48. The van der Waals surface area contributed by atoms with Crippen LogP contribution in [0.4, 0.5) is 14.5 Å². The van der Waals surface area contributed by atoms with Gasteiger partial charge >= 0.3 is 6.61 Å². The molecule has 0 amide bonds. The lowest BCUT2D eigenvalue weighted by atomic mass is 10.2. The number of aldehydes is 1. The summed E-state index contributed by atoms with van der Waals surface area (Å²) in [6.45, 7) is -3.17. The van der Waals surface area contributed by atoms with E-state index in [1.165, 1.54) is 0 Å². The molecule has 5 nitrogen and oxygen atoms in total. The molecule has 0 radical (unpaired) electrons. The quantitative estimate of drug-likeness (QED) is 0.469. The van der Waals surface area contributed by atoms with Crippen molar-refractivity contribution in [3.8, 4) is 5.75 Å². The maximum atomic E-state index is 11.9.